The number of halogens is 1. The van der Waals surface area contributed by atoms with Gasteiger partial charge in [0, 0.05) is 53.6 Å². The number of hydrogen-bond donors (Lipinski definition) is 1. The molecule has 166 valence electrons. The van der Waals surface area contributed by atoms with Crippen LogP contribution in [0.3, 0.4) is 0 Å². The Balaban J connectivity index is 0.00000320. The van der Waals surface area contributed by atoms with Gasteiger partial charge in [0.1, 0.15) is 12.4 Å². The second kappa shape index (κ2) is 11.5. The fraction of sp³-hybridized carbons (Fsp3) is 0.571. The van der Waals surface area contributed by atoms with Crippen molar-refractivity contribution in [3.05, 3.63) is 41.5 Å². The van der Waals surface area contributed by atoms with E-state index in [1.165, 1.54) is 11.3 Å². The molecule has 0 radical (unpaired) electrons. The fourth-order valence-corrected chi connectivity index (χ4v) is 3.34. The molecule has 1 aliphatic heterocycles. The number of guanidine groups is 1. The van der Waals surface area contributed by atoms with Gasteiger partial charge in [-0.05, 0) is 37.5 Å². The van der Waals surface area contributed by atoms with E-state index in [-0.39, 0.29) is 30.1 Å². The number of rotatable bonds is 7. The van der Waals surface area contributed by atoms with Crippen LogP contribution in [0.1, 0.15) is 30.1 Å². The van der Waals surface area contributed by atoms with Crippen LogP contribution in [0.5, 0.6) is 0 Å². The number of ether oxygens (including phenoxy) is 1. The molecule has 1 fully saturated rings. The summed E-state index contributed by atoms with van der Waals surface area (Å²) >= 11 is 0. The summed E-state index contributed by atoms with van der Waals surface area (Å²) in [6, 6.07) is 8.56. The molecule has 9 heteroatoms. The summed E-state index contributed by atoms with van der Waals surface area (Å²) in [6.45, 7) is 4.80. The van der Waals surface area contributed by atoms with Gasteiger partial charge < -0.3 is 24.4 Å². The average molecular weight is 527 g/mol. The smallest absolute Gasteiger partial charge is 0.194 e. The molecule has 0 saturated carbocycles. The summed E-state index contributed by atoms with van der Waals surface area (Å²) in [4.78, 5) is 9.09. The van der Waals surface area contributed by atoms with Gasteiger partial charge in [-0.3, -0.25) is 0 Å². The number of benzene rings is 1. The van der Waals surface area contributed by atoms with E-state index >= 15 is 0 Å². The summed E-state index contributed by atoms with van der Waals surface area (Å²) in [7, 11) is 8.14. The number of aromatic nitrogens is 3. The largest absolute Gasteiger partial charge is 0.378 e. The van der Waals surface area contributed by atoms with Gasteiger partial charge in [-0.1, -0.05) is 12.1 Å². The Hall–Kier alpha value is -1.88. The van der Waals surface area contributed by atoms with Crippen LogP contribution in [0.4, 0.5) is 5.69 Å². The summed E-state index contributed by atoms with van der Waals surface area (Å²) in [5, 5.41) is 11.9. The molecule has 1 aromatic carbocycles. The van der Waals surface area contributed by atoms with Gasteiger partial charge in [-0.15, -0.1) is 34.2 Å². The number of aliphatic imine (C=N–C) groups is 1. The molecule has 3 rings (SSSR count). The number of hydrogen-bond acceptors (Lipinski definition) is 5. The Bertz CT molecular complexity index is 831. The Kier molecular flexibility index (Phi) is 9.35. The second-order valence-corrected chi connectivity index (χ2v) is 7.80. The number of aryl methyl sites for hydroxylation is 1. The molecule has 1 unspecified atom stereocenters. The van der Waals surface area contributed by atoms with Crippen molar-refractivity contribution >= 4 is 35.6 Å². The maximum Gasteiger partial charge on any atom is 0.194 e. The quantitative estimate of drug-likeness (QED) is 0.339. The molecule has 2 heterocycles. The zero-order chi connectivity index (χ0) is 20.8. The van der Waals surface area contributed by atoms with Gasteiger partial charge >= 0.3 is 0 Å². The third kappa shape index (κ3) is 6.56. The second-order valence-electron chi connectivity index (χ2n) is 7.80. The van der Waals surface area contributed by atoms with E-state index in [9.17, 15) is 0 Å². The molecule has 8 nitrogen and oxygen atoms in total. The van der Waals surface area contributed by atoms with Crippen molar-refractivity contribution in [3.63, 3.8) is 0 Å². The van der Waals surface area contributed by atoms with Gasteiger partial charge in [0.05, 0.1) is 6.10 Å². The first kappa shape index (κ1) is 24.4. The van der Waals surface area contributed by atoms with Crippen molar-refractivity contribution in [2.24, 2.45) is 12.0 Å². The van der Waals surface area contributed by atoms with Gasteiger partial charge in [0.2, 0.25) is 0 Å². The zero-order valence-corrected chi connectivity index (χ0v) is 21.0. The van der Waals surface area contributed by atoms with E-state index in [4.69, 9.17) is 9.73 Å². The van der Waals surface area contributed by atoms with Crippen molar-refractivity contribution in [2.45, 2.75) is 39.0 Å². The van der Waals surface area contributed by atoms with Gasteiger partial charge in [-0.2, -0.15) is 0 Å². The predicted octanol–water partition coefficient (Wildman–Crippen LogP) is 2.56. The summed E-state index contributed by atoms with van der Waals surface area (Å²) < 4.78 is 7.73. The lowest BCUT2D eigenvalue weighted by Gasteiger charge is -2.24. The molecule has 1 aliphatic rings. The minimum Gasteiger partial charge on any atom is -0.378 e. The lowest BCUT2D eigenvalue weighted by molar-refractivity contribution is 0.113. The first-order valence-electron chi connectivity index (χ1n) is 10.2. The van der Waals surface area contributed by atoms with E-state index < -0.39 is 0 Å². The molecule has 1 atom stereocenters. The maximum absolute atomic E-state index is 5.76. The first-order chi connectivity index (χ1) is 13.9. The zero-order valence-electron chi connectivity index (χ0n) is 18.6. The van der Waals surface area contributed by atoms with Crippen LogP contribution in [0, 0.1) is 6.92 Å². The van der Waals surface area contributed by atoms with Crippen LogP contribution in [0.25, 0.3) is 0 Å². The topological polar surface area (TPSA) is 70.8 Å². The molecule has 0 spiro atoms. The monoisotopic (exact) mass is 527 g/mol. The molecule has 1 aromatic heterocycles. The fourth-order valence-electron chi connectivity index (χ4n) is 3.34. The van der Waals surface area contributed by atoms with E-state index in [2.05, 4.69) is 70.7 Å². The van der Waals surface area contributed by atoms with E-state index in [0.717, 1.165) is 50.1 Å². The van der Waals surface area contributed by atoms with Gasteiger partial charge in [0.25, 0.3) is 0 Å². The highest BCUT2D eigenvalue weighted by Crippen LogP contribution is 2.15. The summed E-state index contributed by atoms with van der Waals surface area (Å²) in [6.07, 6.45) is 2.48. The minimum atomic E-state index is 0. The molecule has 30 heavy (non-hydrogen) atoms. The third-order valence-electron chi connectivity index (χ3n) is 5.27. The normalized spacial score (nSPS) is 16.3. The third-order valence-corrected chi connectivity index (χ3v) is 5.27. The predicted molar refractivity (Wildman–Crippen MR) is 132 cm³/mol. The highest BCUT2D eigenvalue weighted by Gasteiger charge is 2.17. The molecule has 0 amide bonds. The van der Waals surface area contributed by atoms with Crippen molar-refractivity contribution in [1.82, 2.24) is 25.0 Å². The minimum absolute atomic E-state index is 0. The molecule has 0 bridgehead atoms. The van der Waals surface area contributed by atoms with Crippen LogP contribution in [0.2, 0.25) is 0 Å². The van der Waals surface area contributed by atoms with Crippen LogP contribution < -0.4 is 10.2 Å². The summed E-state index contributed by atoms with van der Waals surface area (Å²) in [5.41, 5.74) is 2.43. The molecule has 0 aliphatic carbocycles. The number of anilines is 1. The molecule has 1 N–H and O–H groups in total. The molecular weight excluding hydrogens is 493 g/mol. The van der Waals surface area contributed by atoms with Crippen molar-refractivity contribution in [1.29, 1.82) is 0 Å². The average Bonchev–Trinajstić information content (AvgIpc) is 3.33. The highest BCUT2D eigenvalue weighted by atomic mass is 127. The van der Waals surface area contributed by atoms with E-state index in [0.29, 0.717) is 6.54 Å². The van der Waals surface area contributed by atoms with Gasteiger partial charge in [0.15, 0.2) is 11.8 Å². The SMILES string of the molecule is Cc1nnc(CN=C(NCC2CCCO2)N(C)Cc2cccc(N(C)C)c2)n1C.I. The lowest BCUT2D eigenvalue weighted by Crippen LogP contribution is -2.42. The summed E-state index contributed by atoms with van der Waals surface area (Å²) in [5.74, 6) is 2.58. The Labute approximate surface area is 196 Å². The Morgan fingerprint density at radius 3 is 2.73 bits per heavy atom. The molecular formula is C21H34IN7O. The standard InChI is InChI=1S/C21H33N7O.HI/c1-16-24-25-20(28(16)5)14-23-21(22-13-19-10-7-11-29-19)27(4)15-17-8-6-9-18(12-17)26(2)3;/h6,8-9,12,19H,7,10-11,13-15H2,1-5H3,(H,22,23);1H. The van der Waals surface area contributed by atoms with E-state index in [1.807, 2.05) is 18.5 Å². The van der Waals surface area contributed by atoms with Crippen LogP contribution in [0.15, 0.2) is 29.3 Å². The first-order valence-corrected chi connectivity index (χ1v) is 10.2. The lowest BCUT2D eigenvalue weighted by atomic mass is 10.2. The van der Waals surface area contributed by atoms with Crippen molar-refractivity contribution < 1.29 is 4.74 Å². The van der Waals surface area contributed by atoms with Crippen LogP contribution in [-0.2, 0) is 24.9 Å². The Morgan fingerprint density at radius 1 is 1.30 bits per heavy atom. The molecule has 1 saturated heterocycles. The van der Waals surface area contributed by atoms with Crippen molar-refractivity contribution in [3.8, 4) is 0 Å². The van der Waals surface area contributed by atoms with Crippen LogP contribution in [-0.4, -0.2) is 66.0 Å². The maximum atomic E-state index is 5.76. The number of nitrogens with zero attached hydrogens (tertiary/aromatic N) is 6. The van der Waals surface area contributed by atoms with E-state index in [1.54, 1.807) is 0 Å². The van der Waals surface area contributed by atoms with Crippen LogP contribution >= 0.6 is 24.0 Å². The Morgan fingerprint density at radius 2 is 2.10 bits per heavy atom. The molecule has 2 aromatic rings. The number of nitrogens with one attached hydrogen (secondary N) is 1. The highest BCUT2D eigenvalue weighted by molar-refractivity contribution is 14.0. The van der Waals surface area contributed by atoms with Crippen molar-refractivity contribution in [2.75, 3.05) is 39.2 Å². The van der Waals surface area contributed by atoms with Gasteiger partial charge in [-0.25, -0.2) is 4.99 Å².